The van der Waals surface area contributed by atoms with Gasteiger partial charge < -0.3 is 4.74 Å². The maximum absolute atomic E-state index is 12.8. The van der Waals surface area contributed by atoms with E-state index in [0.717, 1.165) is 11.4 Å². The summed E-state index contributed by atoms with van der Waals surface area (Å²) in [5, 5.41) is 5.25. The number of rotatable bonds is 6. The number of ether oxygens (including phenoxy) is 1. The van der Waals surface area contributed by atoms with Crippen molar-refractivity contribution >= 4 is 32.0 Å². The van der Waals surface area contributed by atoms with Crippen LogP contribution in [0, 0.1) is 6.92 Å². The molecule has 1 aromatic carbocycles. The number of aromatic nitrogens is 3. The van der Waals surface area contributed by atoms with Crippen LogP contribution in [0.4, 0.5) is 5.69 Å². The molecule has 1 N–H and O–H groups in total. The van der Waals surface area contributed by atoms with Gasteiger partial charge in [0.05, 0.1) is 12.3 Å². The molecule has 0 radical (unpaired) electrons. The highest BCUT2D eigenvalue weighted by Crippen LogP contribution is 2.25. The Hall–Kier alpha value is -2.13. The highest BCUT2D eigenvalue weighted by atomic mass is 32.2. The summed E-state index contributed by atoms with van der Waals surface area (Å²) >= 11 is 1.39. The fourth-order valence-corrected chi connectivity index (χ4v) is 4.58. The first-order valence-corrected chi connectivity index (χ1v) is 9.85. The Balaban J connectivity index is 1.95. The number of anilines is 1. The van der Waals surface area contributed by atoms with Crippen molar-refractivity contribution in [3.63, 3.8) is 0 Å². The van der Waals surface area contributed by atoms with E-state index in [1.54, 1.807) is 31.2 Å². The second-order valence-electron chi connectivity index (χ2n) is 5.11. The van der Waals surface area contributed by atoms with Crippen LogP contribution in [-0.2, 0) is 16.4 Å². The summed E-state index contributed by atoms with van der Waals surface area (Å²) in [4.78, 5) is 4.89. The molecule has 0 saturated carbocycles. The third kappa shape index (κ3) is 3.09. The van der Waals surface area contributed by atoms with E-state index in [1.807, 2.05) is 13.8 Å². The summed E-state index contributed by atoms with van der Waals surface area (Å²) in [7, 11) is -3.79. The summed E-state index contributed by atoms with van der Waals surface area (Å²) in [5.74, 6) is 0.690. The average Bonchev–Trinajstić information content (AvgIpc) is 3.04. The molecule has 2 heterocycles. The molecule has 0 bridgehead atoms. The number of imidazole rings is 1. The van der Waals surface area contributed by atoms with Crippen LogP contribution in [0.2, 0.25) is 0 Å². The molecule has 24 heavy (non-hydrogen) atoms. The maximum Gasteiger partial charge on any atom is 0.281 e. The Bertz CT molecular complexity index is 959. The zero-order chi connectivity index (χ0) is 17.3. The SMILES string of the molecule is CCOc1ccc(NS(=O)(=O)c2c(C)nc3sc(CC)nn23)cc1. The van der Waals surface area contributed by atoms with Gasteiger partial charge in [0, 0.05) is 5.69 Å². The Morgan fingerprint density at radius 2 is 1.96 bits per heavy atom. The minimum absolute atomic E-state index is 0.0716. The first kappa shape index (κ1) is 16.7. The molecule has 2 aromatic heterocycles. The van der Waals surface area contributed by atoms with Crippen LogP contribution in [-0.4, -0.2) is 29.6 Å². The molecule has 0 aliphatic rings. The van der Waals surface area contributed by atoms with E-state index >= 15 is 0 Å². The monoisotopic (exact) mass is 366 g/mol. The van der Waals surface area contributed by atoms with Crippen LogP contribution in [0.1, 0.15) is 24.5 Å². The van der Waals surface area contributed by atoms with Gasteiger partial charge in [-0.15, -0.1) is 0 Å². The number of nitrogens with one attached hydrogen (secondary N) is 1. The van der Waals surface area contributed by atoms with Gasteiger partial charge in [0.1, 0.15) is 10.8 Å². The number of aryl methyl sites for hydroxylation is 2. The summed E-state index contributed by atoms with van der Waals surface area (Å²) in [6.07, 6.45) is 0.735. The van der Waals surface area contributed by atoms with Crippen LogP contribution in [0.5, 0.6) is 5.75 Å². The molecule has 0 aliphatic heterocycles. The molecule has 0 spiro atoms. The number of sulfonamides is 1. The summed E-state index contributed by atoms with van der Waals surface area (Å²) in [6, 6.07) is 6.76. The summed E-state index contributed by atoms with van der Waals surface area (Å²) < 4.78 is 34.9. The Kier molecular flexibility index (Phi) is 4.46. The fraction of sp³-hybridized carbons (Fsp3) is 0.333. The number of nitrogens with zero attached hydrogens (tertiary/aromatic N) is 3. The number of benzene rings is 1. The second kappa shape index (κ2) is 6.40. The van der Waals surface area contributed by atoms with Crippen molar-refractivity contribution in [3.05, 3.63) is 35.0 Å². The third-order valence-electron chi connectivity index (χ3n) is 3.34. The quantitative estimate of drug-likeness (QED) is 0.725. The van der Waals surface area contributed by atoms with Crippen molar-refractivity contribution in [3.8, 4) is 5.75 Å². The van der Waals surface area contributed by atoms with Gasteiger partial charge in [0.25, 0.3) is 10.0 Å². The van der Waals surface area contributed by atoms with Crippen LogP contribution in [0.3, 0.4) is 0 Å². The minimum atomic E-state index is -3.79. The molecule has 0 unspecified atom stereocenters. The van der Waals surface area contributed by atoms with Crippen LogP contribution >= 0.6 is 11.3 Å². The molecule has 0 amide bonds. The van der Waals surface area contributed by atoms with Gasteiger partial charge in [-0.1, -0.05) is 18.3 Å². The molecule has 0 atom stereocenters. The summed E-state index contributed by atoms with van der Waals surface area (Å²) in [5.41, 5.74) is 0.883. The maximum atomic E-state index is 12.8. The largest absolute Gasteiger partial charge is 0.494 e. The predicted molar refractivity (Wildman–Crippen MR) is 93.4 cm³/mol. The zero-order valence-electron chi connectivity index (χ0n) is 13.6. The van der Waals surface area contributed by atoms with Crippen molar-refractivity contribution in [2.75, 3.05) is 11.3 Å². The Morgan fingerprint density at radius 3 is 2.58 bits per heavy atom. The lowest BCUT2D eigenvalue weighted by atomic mass is 10.3. The Labute approximate surface area is 144 Å². The first-order chi connectivity index (χ1) is 11.4. The molecule has 7 nitrogen and oxygen atoms in total. The predicted octanol–water partition coefficient (Wildman–Crippen LogP) is 2.86. The molecular formula is C15H18N4O3S2. The smallest absolute Gasteiger partial charge is 0.281 e. The topological polar surface area (TPSA) is 85.6 Å². The van der Waals surface area contributed by atoms with Gasteiger partial charge in [-0.05, 0) is 44.5 Å². The van der Waals surface area contributed by atoms with Crippen molar-refractivity contribution < 1.29 is 13.2 Å². The highest BCUT2D eigenvalue weighted by Gasteiger charge is 2.25. The van der Waals surface area contributed by atoms with E-state index in [9.17, 15) is 8.42 Å². The number of hydrogen-bond donors (Lipinski definition) is 1. The van der Waals surface area contributed by atoms with Crippen molar-refractivity contribution in [1.82, 2.24) is 14.6 Å². The first-order valence-electron chi connectivity index (χ1n) is 7.55. The normalized spacial score (nSPS) is 11.8. The standard InChI is InChI=1S/C15H18N4O3S2/c1-4-13-17-19-14(10(3)16-15(19)23-13)24(20,21)18-11-6-8-12(9-7-11)22-5-2/h6-9,18H,4-5H2,1-3H3. The third-order valence-corrected chi connectivity index (χ3v) is 5.88. The van der Waals surface area contributed by atoms with Crippen molar-refractivity contribution in [2.24, 2.45) is 0 Å². The molecule has 0 aliphatic carbocycles. The van der Waals surface area contributed by atoms with Gasteiger partial charge in [-0.2, -0.15) is 18.0 Å². The van der Waals surface area contributed by atoms with E-state index in [2.05, 4.69) is 14.8 Å². The number of fused-ring (bicyclic) bond motifs is 1. The molecule has 3 rings (SSSR count). The van der Waals surface area contributed by atoms with Crippen LogP contribution in [0.15, 0.2) is 29.3 Å². The average molecular weight is 366 g/mol. The molecule has 128 valence electrons. The van der Waals surface area contributed by atoms with Crippen LogP contribution < -0.4 is 9.46 Å². The Morgan fingerprint density at radius 1 is 1.25 bits per heavy atom. The lowest BCUT2D eigenvalue weighted by Gasteiger charge is -2.09. The van der Waals surface area contributed by atoms with Gasteiger partial charge in [0.2, 0.25) is 9.99 Å². The highest BCUT2D eigenvalue weighted by molar-refractivity contribution is 7.92. The number of hydrogen-bond acceptors (Lipinski definition) is 6. The zero-order valence-corrected chi connectivity index (χ0v) is 15.2. The van der Waals surface area contributed by atoms with Gasteiger partial charge >= 0.3 is 0 Å². The van der Waals surface area contributed by atoms with Crippen molar-refractivity contribution in [2.45, 2.75) is 32.2 Å². The molecular weight excluding hydrogens is 348 g/mol. The van der Waals surface area contributed by atoms with Gasteiger partial charge in [-0.25, -0.2) is 4.98 Å². The van der Waals surface area contributed by atoms with E-state index in [0.29, 0.717) is 28.7 Å². The van der Waals surface area contributed by atoms with Crippen LogP contribution in [0.25, 0.3) is 4.96 Å². The van der Waals surface area contributed by atoms with E-state index in [4.69, 9.17) is 4.74 Å². The van der Waals surface area contributed by atoms with Gasteiger partial charge in [0.15, 0.2) is 0 Å². The lowest BCUT2D eigenvalue weighted by Crippen LogP contribution is -2.16. The van der Waals surface area contributed by atoms with Gasteiger partial charge in [-0.3, -0.25) is 4.72 Å². The fourth-order valence-electron chi connectivity index (χ4n) is 2.31. The second-order valence-corrected chi connectivity index (χ2v) is 7.75. The molecule has 3 aromatic rings. The molecule has 0 saturated heterocycles. The summed E-state index contributed by atoms with van der Waals surface area (Å²) in [6.45, 7) is 6.08. The van der Waals surface area contributed by atoms with E-state index < -0.39 is 10.0 Å². The molecule has 0 fully saturated rings. The lowest BCUT2D eigenvalue weighted by molar-refractivity contribution is 0.340. The van der Waals surface area contributed by atoms with E-state index in [-0.39, 0.29) is 5.03 Å². The molecule has 9 heteroatoms. The van der Waals surface area contributed by atoms with Crippen molar-refractivity contribution in [1.29, 1.82) is 0 Å². The minimum Gasteiger partial charge on any atom is -0.494 e. The van der Waals surface area contributed by atoms with E-state index in [1.165, 1.54) is 15.9 Å².